The Labute approximate surface area is 248 Å². The third-order valence-electron chi connectivity index (χ3n) is 7.58. The number of anilines is 1. The zero-order valence-corrected chi connectivity index (χ0v) is 24.9. The molecule has 0 bridgehead atoms. The first kappa shape index (κ1) is 29.3. The van der Waals surface area contributed by atoms with Crippen LogP contribution in [0.1, 0.15) is 69.5 Å². The fourth-order valence-electron chi connectivity index (χ4n) is 5.51. The van der Waals surface area contributed by atoms with Gasteiger partial charge in [0.15, 0.2) is 6.61 Å². The van der Waals surface area contributed by atoms with Crippen LogP contribution in [0.5, 0.6) is 0 Å². The van der Waals surface area contributed by atoms with Crippen molar-refractivity contribution in [1.82, 2.24) is 4.57 Å². The van der Waals surface area contributed by atoms with E-state index in [4.69, 9.17) is 9.47 Å². The minimum absolute atomic E-state index is 0.0571. The molecule has 0 saturated heterocycles. The highest BCUT2D eigenvalue weighted by Gasteiger charge is 2.27. The summed E-state index contributed by atoms with van der Waals surface area (Å²) in [7, 11) is 1.52. The van der Waals surface area contributed by atoms with E-state index >= 15 is 0 Å². The number of nitrogens with one attached hydrogen (secondary N) is 1. The molecule has 2 aromatic heterocycles. The largest absolute Gasteiger partial charge is 0.462 e. The quantitative estimate of drug-likeness (QED) is 0.259. The number of hydrogen-bond acceptors (Lipinski definition) is 7. The Hall–Kier alpha value is -4.24. The van der Waals surface area contributed by atoms with Gasteiger partial charge in [0.25, 0.3) is 11.5 Å². The molecule has 8 nitrogen and oxygen atoms in total. The van der Waals surface area contributed by atoms with Gasteiger partial charge in [-0.3, -0.25) is 9.59 Å². The Balaban J connectivity index is 1.43. The molecule has 1 N–H and O–H groups in total. The van der Waals surface area contributed by atoms with Gasteiger partial charge < -0.3 is 19.4 Å². The molecule has 42 heavy (non-hydrogen) atoms. The summed E-state index contributed by atoms with van der Waals surface area (Å²) in [5.41, 5.74) is 3.42. The summed E-state index contributed by atoms with van der Waals surface area (Å²) >= 11 is 1.39. The molecule has 0 unspecified atom stereocenters. The number of amides is 1. The minimum Gasteiger partial charge on any atom is -0.462 e. The van der Waals surface area contributed by atoms with E-state index in [1.807, 2.05) is 37.3 Å². The first-order valence-corrected chi connectivity index (χ1v) is 15.1. The highest BCUT2D eigenvalue weighted by atomic mass is 32.1. The molecule has 0 atom stereocenters. The van der Waals surface area contributed by atoms with E-state index in [9.17, 15) is 19.2 Å². The van der Waals surface area contributed by atoms with Crippen LogP contribution in [0.25, 0.3) is 21.9 Å². The van der Waals surface area contributed by atoms with Gasteiger partial charge in [0.2, 0.25) is 0 Å². The summed E-state index contributed by atoms with van der Waals surface area (Å²) < 4.78 is 12.1. The summed E-state index contributed by atoms with van der Waals surface area (Å²) in [4.78, 5) is 53.8. The number of ether oxygens (including phenoxy) is 2. The van der Waals surface area contributed by atoms with E-state index in [2.05, 4.69) is 5.32 Å². The zero-order chi connectivity index (χ0) is 29.8. The van der Waals surface area contributed by atoms with Gasteiger partial charge in [0, 0.05) is 22.9 Å². The van der Waals surface area contributed by atoms with Crippen molar-refractivity contribution in [2.45, 2.75) is 52.4 Å². The number of nitrogens with zero attached hydrogens (tertiary/aromatic N) is 1. The van der Waals surface area contributed by atoms with Crippen LogP contribution in [-0.2, 0) is 34.2 Å². The van der Waals surface area contributed by atoms with Crippen molar-refractivity contribution < 1.29 is 23.9 Å². The number of esters is 2. The van der Waals surface area contributed by atoms with E-state index in [1.54, 1.807) is 25.1 Å². The Morgan fingerprint density at radius 1 is 0.905 bits per heavy atom. The number of carbonyl (C=O) groups is 3. The van der Waals surface area contributed by atoms with Crippen molar-refractivity contribution >= 4 is 45.0 Å². The van der Waals surface area contributed by atoms with Gasteiger partial charge in [-0.2, -0.15) is 0 Å². The molecule has 218 valence electrons. The molecule has 0 aliphatic heterocycles. The third-order valence-corrected chi connectivity index (χ3v) is 8.78. The fourth-order valence-corrected chi connectivity index (χ4v) is 6.80. The monoisotopic (exact) mass is 586 g/mol. The molecule has 2 heterocycles. The Morgan fingerprint density at radius 3 is 2.31 bits per heavy atom. The van der Waals surface area contributed by atoms with E-state index in [-0.39, 0.29) is 17.9 Å². The molecule has 1 aliphatic rings. The van der Waals surface area contributed by atoms with Crippen LogP contribution in [0.4, 0.5) is 5.00 Å². The molecular weight excluding hydrogens is 552 g/mol. The van der Waals surface area contributed by atoms with Crippen LogP contribution in [0.3, 0.4) is 0 Å². The second-order valence-electron chi connectivity index (χ2n) is 10.5. The highest BCUT2D eigenvalue weighted by molar-refractivity contribution is 7.17. The average molecular weight is 587 g/mol. The SMILES string of the molecule is CCOC(=O)c1c(NC(=O)COC(=O)c2c(-c3ccc(C)cc3)c3ccccc3c(=O)n2C)sc2c1CCCCCC2. The van der Waals surface area contributed by atoms with Crippen LogP contribution in [-0.4, -0.2) is 35.6 Å². The topological polar surface area (TPSA) is 104 Å². The maximum absolute atomic E-state index is 13.5. The summed E-state index contributed by atoms with van der Waals surface area (Å²) in [5.74, 6) is -1.84. The molecule has 9 heteroatoms. The minimum atomic E-state index is -0.796. The van der Waals surface area contributed by atoms with Crippen molar-refractivity contribution in [2.24, 2.45) is 7.05 Å². The predicted octanol–water partition coefficient (Wildman–Crippen LogP) is 6.21. The fraction of sp³-hybridized carbons (Fsp3) is 0.333. The normalized spacial score (nSPS) is 13.1. The molecule has 2 aromatic carbocycles. The second-order valence-corrected chi connectivity index (χ2v) is 11.6. The number of benzene rings is 2. The summed E-state index contributed by atoms with van der Waals surface area (Å²) in [5, 5.41) is 4.31. The van der Waals surface area contributed by atoms with E-state index < -0.39 is 24.5 Å². The van der Waals surface area contributed by atoms with Gasteiger partial charge in [0.05, 0.1) is 12.2 Å². The van der Waals surface area contributed by atoms with Crippen LogP contribution in [0.15, 0.2) is 53.3 Å². The lowest BCUT2D eigenvalue weighted by Crippen LogP contribution is -2.28. The lowest BCUT2D eigenvalue weighted by molar-refractivity contribution is -0.119. The smallest absolute Gasteiger partial charge is 0.356 e. The molecule has 0 spiro atoms. The lowest BCUT2D eigenvalue weighted by atomic mass is 9.96. The molecular formula is C33H34N2O6S. The molecule has 0 fully saturated rings. The Morgan fingerprint density at radius 2 is 1.60 bits per heavy atom. The average Bonchev–Trinajstić information content (AvgIpc) is 3.29. The zero-order valence-electron chi connectivity index (χ0n) is 24.1. The van der Waals surface area contributed by atoms with E-state index in [0.717, 1.165) is 60.1 Å². The maximum atomic E-state index is 13.5. The summed E-state index contributed by atoms with van der Waals surface area (Å²) in [6.45, 7) is 3.35. The number of pyridine rings is 1. The Kier molecular flexibility index (Phi) is 8.87. The standard InChI is InChI=1S/C33H34N2O6S/c1-4-40-32(38)28-24-13-7-5-6-8-14-25(24)42-30(28)34-26(36)19-41-33(39)29-27(21-17-15-20(2)16-18-21)22-11-9-10-12-23(22)31(37)35(29)3/h9-12,15-18H,4-8,13-14,19H2,1-3H3,(H,34,36). The summed E-state index contributed by atoms with van der Waals surface area (Å²) in [6.07, 6.45) is 5.81. The van der Waals surface area contributed by atoms with Crippen molar-refractivity contribution in [3.05, 3.63) is 86.1 Å². The molecule has 5 rings (SSSR count). The second kappa shape index (κ2) is 12.7. The van der Waals surface area contributed by atoms with Crippen LogP contribution >= 0.6 is 11.3 Å². The van der Waals surface area contributed by atoms with Crippen LogP contribution in [0.2, 0.25) is 0 Å². The lowest BCUT2D eigenvalue weighted by Gasteiger charge is -2.17. The van der Waals surface area contributed by atoms with Gasteiger partial charge >= 0.3 is 11.9 Å². The van der Waals surface area contributed by atoms with E-state index in [0.29, 0.717) is 26.9 Å². The molecule has 1 aliphatic carbocycles. The summed E-state index contributed by atoms with van der Waals surface area (Å²) in [6, 6.07) is 14.8. The van der Waals surface area contributed by atoms with Gasteiger partial charge in [-0.15, -0.1) is 11.3 Å². The van der Waals surface area contributed by atoms with Gasteiger partial charge in [-0.25, -0.2) is 9.59 Å². The maximum Gasteiger partial charge on any atom is 0.356 e. The predicted molar refractivity (Wildman–Crippen MR) is 164 cm³/mol. The van der Waals surface area contributed by atoms with Gasteiger partial charge in [-0.05, 0) is 62.1 Å². The van der Waals surface area contributed by atoms with E-state index in [1.165, 1.54) is 23.0 Å². The molecule has 0 radical (unpaired) electrons. The third kappa shape index (κ3) is 5.87. The number of aromatic nitrogens is 1. The van der Waals surface area contributed by atoms with Crippen molar-refractivity contribution in [3.63, 3.8) is 0 Å². The number of fused-ring (bicyclic) bond motifs is 2. The number of aryl methyl sites for hydroxylation is 2. The van der Waals surface area contributed by atoms with Crippen LogP contribution < -0.4 is 10.9 Å². The Bertz CT molecular complexity index is 1720. The van der Waals surface area contributed by atoms with Gasteiger partial charge in [0.1, 0.15) is 10.7 Å². The molecule has 1 amide bonds. The van der Waals surface area contributed by atoms with Gasteiger partial charge in [-0.1, -0.05) is 60.9 Å². The number of hydrogen-bond donors (Lipinski definition) is 1. The molecule has 4 aromatic rings. The number of carbonyl (C=O) groups excluding carboxylic acids is 3. The first-order chi connectivity index (χ1) is 20.3. The van der Waals surface area contributed by atoms with Crippen molar-refractivity contribution in [3.8, 4) is 11.1 Å². The molecule has 0 saturated carbocycles. The van der Waals surface area contributed by atoms with Crippen molar-refractivity contribution in [1.29, 1.82) is 0 Å². The van der Waals surface area contributed by atoms with Crippen molar-refractivity contribution in [2.75, 3.05) is 18.5 Å². The first-order valence-electron chi connectivity index (χ1n) is 14.3. The number of rotatable bonds is 7. The highest BCUT2D eigenvalue weighted by Crippen LogP contribution is 2.38. The number of thiophene rings is 1. The van der Waals surface area contributed by atoms with Crippen LogP contribution in [0, 0.1) is 6.92 Å².